The van der Waals surface area contributed by atoms with Crippen molar-refractivity contribution in [3.8, 4) is 0 Å². The molecule has 0 amide bonds. The Labute approximate surface area is 66.1 Å². The molecule has 0 aromatic rings. The molecule has 11 heavy (non-hydrogen) atoms. The van der Waals surface area contributed by atoms with E-state index in [0.29, 0.717) is 0 Å². The maximum atomic E-state index is 4.47. The number of fused-ring (bicyclic) bond motifs is 1. The van der Waals surface area contributed by atoms with Crippen molar-refractivity contribution >= 4 is 11.9 Å². The zero-order valence-electron chi connectivity index (χ0n) is 6.78. The van der Waals surface area contributed by atoms with Gasteiger partial charge in [0.05, 0.1) is 0 Å². The van der Waals surface area contributed by atoms with Crippen LogP contribution in [0.2, 0.25) is 0 Å². The first kappa shape index (κ1) is 6.58. The van der Waals surface area contributed by atoms with Crippen molar-refractivity contribution in [3.63, 3.8) is 0 Å². The van der Waals surface area contributed by atoms with Crippen LogP contribution >= 0.6 is 0 Å². The summed E-state index contributed by atoms with van der Waals surface area (Å²) >= 11 is 0. The molecule has 2 heterocycles. The van der Waals surface area contributed by atoms with Crippen molar-refractivity contribution in [2.45, 2.75) is 26.4 Å². The second-order valence-electron chi connectivity index (χ2n) is 2.92. The van der Waals surface area contributed by atoms with Gasteiger partial charge in [-0.05, 0) is 19.4 Å². The lowest BCUT2D eigenvalue weighted by Gasteiger charge is -2.22. The highest BCUT2D eigenvalue weighted by Crippen LogP contribution is 2.19. The van der Waals surface area contributed by atoms with E-state index in [1.54, 1.807) is 0 Å². The number of hydrazone groups is 1. The molecule has 58 valence electrons. The molecule has 3 nitrogen and oxygen atoms in total. The average Bonchev–Trinajstić information content (AvgIpc) is 2.36. The number of hydrogen-bond donors (Lipinski definition) is 0. The summed E-state index contributed by atoms with van der Waals surface area (Å²) in [7, 11) is 0. The SMILES string of the molecule is CC1=CN2N=CCC2N=C1C. The number of aliphatic imine (C=N–C) groups is 1. The van der Waals surface area contributed by atoms with Crippen LogP contribution in [0.4, 0.5) is 0 Å². The van der Waals surface area contributed by atoms with Gasteiger partial charge < -0.3 is 0 Å². The summed E-state index contributed by atoms with van der Waals surface area (Å²) in [6.07, 6.45) is 5.16. The molecule has 0 aromatic carbocycles. The Morgan fingerprint density at radius 2 is 2.36 bits per heavy atom. The van der Waals surface area contributed by atoms with Crippen LogP contribution < -0.4 is 0 Å². The van der Waals surface area contributed by atoms with Gasteiger partial charge in [-0.1, -0.05) is 0 Å². The summed E-state index contributed by atoms with van der Waals surface area (Å²) in [5.74, 6) is 0. The highest BCUT2D eigenvalue weighted by atomic mass is 15.5. The van der Waals surface area contributed by atoms with E-state index in [2.05, 4.69) is 23.2 Å². The fourth-order valence-corrected chi connectivity index (χ4v) is 1.27. The molecule has 0 spiro atoms. The third kappa shape index (κ3) is 0.964. The van der Waals surface area contributed by atoms with Gasteiger partial charge in [-0.25, -0.2) is 5.01 Å². The van der Waals surface area contributed by atoms with Crippen LogP contribution in [0, 0.1) is 0 Å². The van der Waals surface area contributed by atoms with E-state index < -0.39 is 0 Å². The molecule has 3 heteroatoms. The van der Waals surface area contributed by atoms with Gasteiger partial charge in [-0.15, -0.1) is 0 Å². The van der Waals surface area contributed by atoms with Gasteiger partial charge in [0.2, 0.25) is 0 Å². The lowest BCUT2D eigenvalue weighted by molar-refractivity contribution is 0.325. The monoisotopic (exact) mass is 149 g/mol. The lowest BCUT2D eigenvalue weighted by Crippen LogP contribution is -2.25. The molecule has 1 unspecified atom stereocenters. The van der Waals surface area contributed by atoms with E-state index in [9.17, 15) is 0 Å². The van der Waals surface area contributed by atoms with Crippen LogP contribution in [0.15, 0.2) is 21.9 Å². The molecule has 0 aliphatic carbocycles. The molecule has 0 aromatic heterocycles. The molecule has 2 aliphatic rings. The van der Waals surface area contributed by atoms with Crippen LogP contribution in [0.25, 0.3) is 0 Å². The molecule has 1 atom stereocenters. The average molecular weight is 149 g/mol. The largest absolute Gasteiger partial charge is 0.263 e. The van der Waals surface area contributed by atoms with Gasteiger partial charge in [0.15, 0.2) is 0 Å². The summed E-state index contributed by atoms with van der Waals surface area (Å²) in [4.78, 5) is 4.47. The van der Waals surface area contributed by atoms with Crippen molar-refractivity contribution in [1.29, 1.82) is 0 Å². The van der Waals surface area contributed by atoms with E-state index in [1.807, 2.05) is 18.1 Å². The zero-order valence-corrected chi connectivity index (χ0v) is 6.78. The third-order valence-corrected chi connectivity index (χ3v) is 2.08. The number of hydrogen-bond acceptors (Lipinski definition) is 3. The molecule has 0 saturated carbocycles. The summed E-state index contributed by atoms with van der Waals surface area (Å²) in [5, 5.41) is 6.09. The molecule has 0 N–H and O–H groups in total. The topological polar surface area (TPSA) is 28.0 Å². The van der Waals surface area contributed by atoms with Crippen LogP contribution in [0.1, 0.15) is 20.3 Å². The number of nitrogens with zero attached hydrogens (tertiary/aromatic N) is 3. The normalized spacial score (nSPS) is 28.2. The minimum atomic E-state index is 0.249. The van der Waals surface area contributed by atoms with Crippen molar-refractivity contribution < 1.29 is 0 Å². The Balaban J connectivity index is 2.31. The van der Waals surface area contributed by atoms with Crippen LogP contribution in [0.5, 0.6) is 0 Å². The van der Waals surface area contributed by atoms with Crippen molar-refractivity contribution in [2.24, 2.45) is 10.1 Å². The fraction of sp³-hybridized carbons (Fsp3) is 0.500. The Morgan fingerprint density at radius 3 is 3.18 bits per heavy atom. The highest BCUT2D eigenvalue weighted by molar-refractivity contribution is 5.98. The van der Waals surface area contributed by atoms with Gasteiger partial charge in [0.1, 0.15) is 6.17 Å². The second kappa shape index (κ2) is 2.19. The first-order valence-corrected chi connectivity index (χ1v) is 3.81. The van der Waals surface area contributed by atoms with Crippen molar-refractivity contribution in [1.82, 2.24) is 5.01 Å². The van der Waals surface area contributed by atoms with Crippen molar-refractivity contribution in [2.75, 3.05) is 0 Å². The van der Waals surface area contributed by atoms with E-state index >= 15 is 0 Å². The molecule has 0 fully saturated rings. The molecular formula is C8H11N3. The zero-order chi connectivity index (χ0) is 7.84. The van der Waals surface area contributed by atoms with E-state index in [4.69, 9.17) is 0 Å². The molecule has 2 rings (SSSR count). The summed E-state index contributed by atoms with van der Waals surface area (Å²) in [6, 6.07) is 0. The minimum Gasteiger partial charge on any atom is -0.263 e. The lowest BCUT2D eigenvalue weighted by atomic mass is 10.2. The summed E-state index contributed by atoms with van der Waals surface area (Å²) in [5.41, 5.74) is 2.34. The Kier molecular flexibility index (Phi) is 1.31. The number of rotatable bonds is 0. The Bertz CT molecular complexity index is 263. The molecule has 0 bridgehead atoms. The molecule has 0 saturated heterocycles. The van der Waals surface area contributed by atoms with Gasteiger partial charge >= 0.3 is 0 Å². The van der Waals surface area contributed by atoms with Crippen LogP contribution in [0.3, 0.4) is 0 Å². The van der Waals surface area contributed by atoms with Crippen LogP contribution in [-0.2, 0) is 0 Å². The second-order valence-corrected chi connectivity index (χ2v) is 2.92. The summed E-state index contributed by atoms with van der Waals surface area (Å²) < 4.78 is 0. The third-order valence-electron chi connectivity index (χ3n) is 2.08. The standard InChI is InChI=1S/C8H11N3/c1-6-5-11-8(3-4-9-11)10-7(6)2/h4-5,8H,3H2,1-2H3. The molecule has 2 aliphatic heterocycles. The predicted octanol–water partition coefficient (Wildman–Crippen LogP) is 1.38. The fourth-order valence-electron chi connectivity index (χ4n) is 1.27. The Morgan fingerprint density at radius 1 is 1.55 bits per heavy atom. The highest BCUT2D eigenvalue weighted by Gasteiger charge is 2.21. The van der Waals surface area contributed by atoms with E-state index in [0.717, 1.165) is 12.1 Å². The molecule has 0 radical (unpaired) electrons. The maximum Gasteiger partial charge on any atom is 0.146 e. The Hall–Kier alpha value is -1.12. The van der Waals surface area contributed by atoms with Gasteiger partial charge in [0, 0.05) is 24.5 Å². The molecular weight excluding hydrogens is 138 g/mol. The maximum absolute atomic E-state index is 4.47. The van der Waals surface area contributed by atoms with Crippen molar-refractivity contribution in [3.05, 3.63) is 11.8 Å². The minimum absolute atomic E-state index is 0.249. The van der Waals surface area contributed by atoms with Gasteiger partial charge in [-0.3, -0.25) is 4.99 Å². The quantitative estimate of drug-likeness (QED) is 0.511. The summed E-state index contributed by atoms with van der Waals surface area (Å²) in [6.45, 7) is 4.10. The first-order chi connectivity index (χ1) is 5.27. The predicted molar refractivity (Wildman–Crippen MR) is 45.6 cm³/mol. The van der Waals surface area contributed by atoms with Crippen LogP contribution in [-0.4, -0.2) is 23.1 Å². The van der Waals surface area contributed by atoms with Gasteiger partial charge in [0.25, 0.3) is 0 Å². The van der Waals surface area contributed by atoms with E-state index in [-0.39, 0.29) is 6.17 Å². The first-order valence-electron chi connectivity index (χ1n) is 3.81. The smallest absolute Gasteiger partial charge is 0.146 e. The van der Waals surface area contributed by atoms with E-state index in [1.165, 1.54) is 5.57 Å². The number of allylic oxidation sites excluding steroid dienone is 1. The van der Waals surface area contributed by atoms with Gasteiger partial charge in [-0.2, -0.15) is 5.10 Å².